The molecule has 14 heavy (non-hydrogen) atoms. The number of fused-ring (bicyclic) bond motifs is 1. The van der Waals surface area contributed by atoms with Crippen molar-refractivity contribution in [3.63, 3.8) is 0 Å². The van der Waals surface area contributed by atoms with Gasteiger partial charge in [0.05, 0.1) is 11.7 Å². The molecule has 0 atom stereocenters. The predicted octanol–water partition coefficient (Wildman–Crippen LogP) is 0.730. The Hall–Kier alpha value is -1.42. The standard InChI is InChI=1S/C10H14N4/c1-11-5-4-10-13-8-7-12-6-3-9(8)14(10)2/h3,6-7,11H,4-5H2,1-2H3. The molecule has 2 heterocycles. The number of nitrogens with zero attached hydrogens (tertiary/aromatic N) is 3. The third-order valence-electron chi connectivity index (χ3n) is 2.37. The van der Waals surface area contributed by atoms with E-state index < -0.39 is 0 Å². The highest BCUT2D eigenvalue weighted by Gasteiger charge is 2.05. The lowest BCUT2D eigenvalue weighted by molar-refractivity contribution is 0.726. The number of hydrogen-bond donors (Lipinski definition) is 1. The lowest BCUT2D eigenvalue weighted by Crippen LogP contribution is -2.12. The number of rotatable bonds is 3. The van der Waals surface area contributed by atoms with Crippen LogP contribution in [0.2, 0.25) is 0 Å². The van der Waals surface area contributed by atoms with E-state index in [1.54, 1.807) is 12.4 Å². The fraction of sp³-hybridized carbons (Fsp3) is 0.400. The first-order chi connectivity index (χ1) is 6.83. The van der Waals surface area contributed by atoms with Crippen molar-refractivity contribution >= 4 is 11.0 Å². The topological polar surface area (TPSA) is 42.7 Å². The largest absolute Gasteiger partial charge is 0.331 e. The molecule has 0 radical (unpaired) electrons. The van der Waals surface area contributed by atoms with Crippen molar-refractivity contribution in [2.24, 2.45) is 7.05 Å². The molecule has 0 aliphatic carbocycles. The summed E-state index contributed by atoms with van der Waals surface area (Å²) < 4.78 is 2.12. The van der Waals surface area contributed by atoms with Crippen molar-refractivity contribution in [2.75, 3.05) is 13.6 Å². The molecule has 0 saturated heterocycles. The zero-order chi connectivity index (χ0) is 9.97. The molecule has 4 heteroatoms. The molecule has 1 N–H and O–H groups in total. The fourth-order valence-electron chi connectivity index (χ4n) is 1.56. The summed E-state index contributed by atoms with van der Waals surface area (Å²) in [5.74, 6) is 1.10. The molecule has 0 saturated carbocycles. The predicted molar refractivity (Wildman–Crippen MR) is 56.1 cm³/mol. The summed E-state index contributed by atoms with van der Waals surface area (Å²) in [5.41, 5.74) is 2.12. The molecule has 0 amide bonds. The SMILES string of the molecule is CNCCc1nc2cnccc2n1C. The minimum Gasteiger partial charge on any atom is -0.331 e. The highest BCUT2D eigenvalue weighted by molar-refractivity contribution is 5.74. The van der Waals surface area contributed by atoms with Crippen LogP contribution in [0.4, 0.5) is 0 Å². The quantitative estimate of drug-likeness (QED) is 0.776. The number of nitrogens with one attached hydrogen (secondary N) is 1. The van der Waals surface area contributed by atoms with Gasteiger partial charge in [-0.1, -0.05) is 0 Å². The minimum absolute atomic E-state index is 0.946. The maximum absolute atomic E-state index is 4.51. The minimum atomic E-state index is 0.946. The normalized spacial score (nSPS) is 11.0. The summed E-state index contributed by atoms with van der Waals surface area (Å²) in [4.78, 5) is 8.57. The van der Waals surface area contributed by atoms with Crippen LogP contribution in [0.25, 0.3) is 11.0 Å². The number of hydrogen-bond acceptors (Lipinski definition) is 3. The Labute approximate surface area is 83.0 Å². The van der Waals surface area contributed by atoms with Crippen LogP contribution < -0.4 is 5.32 Å². The molecule has 2 aromatic rings. The Kier molecular flexibility index (Phi) is 2.45. The Morgan fingerprint density at radius 3 is 3.07 bits per heavy atom. The zero-order valence-corrected chi connectivity index (χ0v) is 8.49. The summed E-state index contributed by atoms with van der Waals surface area (Å²) in [6.45, 7) is 0.949. The van der Waals surface area contributed by atoms with Gasteiger partial charge in [0.25, 0.3) is 0 Å². The average Bonchev–Trinajstić information content (AvgIpc) is 2.54. The second kappa shape index (κ2) is 3.75. The maximum Gasteiger partial charge on any atom is 0.110 e. The van der Waals surface area contributed by atoms with Crippen LogP contribution in [-0.2, 0) is 13.5 Å². The molecule has 0 aromatic carbocycles. The third-order valence-corrected chi connectivity index (χ3v) is 2.37. The van der Waals surface area contributed by atoms with Crippen molar-refractivity contribution in [1.29, 1.82) is 0 Å². The van der Waals surface area contributed by atoms with Gasteiger partial charge in [-0.3, -0.25) is 4.98 Å². The zero-order valence-electron chi connectivity index (χ0n) is 8.49. The summed E-state index contributed by atoms with van der Waals surface area (Å²) in [6, 6.07) is 1.99. The molecular weight excluding hydrogens is 176 g/mol. The van der Waals surface area contributed by atoms with E-state index >= 15 is 0 Å². The van der Waals surface area contributed by atoms with Gasteiger partial charge >= 0.3 is 0 Å². The van der Waals surface area contributed by atoms with Crippen LogP contribution in [0.3, 0.4) is 0 Å². The van der Waals surface area contributed by atoms with Crippen LogP contribution >= 0.6 is 0 Å². The van der Waals surface area contributed by atoms with Crippen LogP contribution in [0.5, 0.6) is 0 Å². The maximum atomic E-state index is 4.51. The summed E-state index contributed by atoms with van der Waals surface area (Å²) >= 11 is 0. The molecule has 0 bridgehead atoms. The highest BCUT2D eigenvalue weighted by atomic mass is 15.1. The molecule has 2 aromatic heterocycles. The van der Waals surface area contributed by atoms with Gasteiger partial charge < -0.3 is 9.88 Å². The van der Waals surface area contributed by atoms with Gasteiger partial charge in [-0.15, -0.1) is 0 Å². The lowest BCUT2D eigenvalue weighted by atomic mass is 10.4. The van der Waals surface area contributed by atoms with Crippen LogP contribution in [-0.4, -0.2) is 28.1 Å². The first kappa shape index (κ1) is 9.15. The van der Waals surface area contributed by atoms with Gasteiger partial charge in [-0.05, 0) is 13.1 Å². The van der Waals surface area contributed by atoms with E-state index in [-0.39, 0.29) is 0 Å². The van der Waals surface area contributed by atoms with Crippen molar-refractivity contribution in [3.8, 4) is 0 Å². The van der Waals surface area contributed by atoms with Gasteiger partial charge in [-0.2, -0.15) is 0 Å². The first-order valence-electron chi connectivity index (χ1n) is 4.73. The van der Waals surface area contributed by atoms with Gasteiger partial charge in [0, 0.05) is 26.2 Å². The smallest absolute Gasteiger partial charge is 0.110 e. The number of likely N-dealkylation sites (N-methyl/N-ethyl adjacent to an activating group) is 1. The molecule has 2 rings (SSSR count). The van der Waals surface area contributed by atoms with Gasteiger partial charge in [-0.25, -0.2) is 4.98 Å². The van der Waals surface area contributed by atoms with E-state index in [4.69, 9.17) is 0 Å². The number of aryl methyl sites for hydroxylation is 1. The Bertz CT molecular complexity index is 433. The molecule has 4 nitrogen and oxygen atoms in total. The molecule has 74 valence electrons. The highest BCUT2D eigenvalue weighted by Crippen LogP contribution is 2.12. The fourth-order valence-corrected chi connectivity index (χ4v) is 1.56. The molecular formula is C10H14N4. The van der Waals surface area contributed by atoms with E-state index in [1.165, 1.54) is 0 Å². The van der Waals surface area contributed by atoms with Gasteiger partial charge in [0.2, 0.25) is 0 Å². The van der Waals surface area contributed by atoms with Gasteiger partial charge in [0.1, 0.15) is 11.3 Å². The molecule has 0 fully saturated rings. The Morgan fingerprint density at radius 2 is 2.36 bits per heavy atom. The van der Waals surface area contributed by atoms with Crippen LogP contribution in [0, 0.1) is 0 Å². The second-order valence-electron chi connectivity index (χ2n) is 3.30. The molecule has 0 unspecified atom stereocenters. The van der Waals surface area contributed by atoms with E-state index in [2.05, 4.69) is 19.9 Å². The van der Waals surface area contributed by atoms with E-state index in [1.807, 2.05) is 20.2 Å². The van der Waals surface area contributed by atoms with Crippen LogP contribution in [0.1, 0.15) is 5.82 Å². The Morgan fingerprint density at radius 1 is 1.50 bits per heavy atom. The summed E-state index contributed by atoms with van der Waals surface area (Å²) in [6.07, 6.45) is 4.55. The Balaban J connectivity index is 2.41. The second-order valence-corrected chi connectivity index (χ2v) is 3.30. The van der Waals surface area contributed by atoms with Crippen molar-refractivity contribution in [2.45, 2.75) is 6.42 Å². The third kappa shape index (κ3) is 1.48. The molecule has 0 spiro atoms. The number of pyridine rings is 1. The number of imidazole rings is 1. The van der Waals surface area contributed by atoms with E-state index in [9.17, 15) is 0 Å². The average molecular weight is 190 g/mol. The van der Waals surface area contributed by atoms with Crippen molar-refractivity contribution in [1.82, 2.24) is 19.9 Å². The van der Waals surface area contributed by atoms with E-state index in [0.29, 0.717) is 0 Å². The summed E-state index contributed by atoms with van der Waals surface area (Å²) in [7, 11) is 3.99. The molecule has 0 aliphatic rings. The van der Waals surface area contributed by atoms with Crippen LogP contribution in [0.15, 0.2) is 18.5 Å². The lowest BCUT2D eigenvalue weighted by Gasteiger charge is -2.00. The van der Waals surface area contributed by atoms with Crippen molar-refractivity contribution < 1.29 is 0 Å². The van der Waals surface area contributed by atoms with Crippen molar-refractivity contribution in [3.05, 3.63) is 24.3 Å². The molecule has 0 aliphatic heterocycles. The monoisotopic (exact) mass is 190 g/mol. The first-order valence-corrected chi connectivity index (χ1v) is 4.73. The van der Waals surface area contributed by atoms with Gasteiger partial charge in [0.15, 0.2) is 0 Å². The number of aromatic nitrogens is 3. The van der Waals surface area contributed by atoms with E-state index in [0.717, 1.165) is 29.8 Å². The summed E-state index contributed by atoms with van der Waals surface area (Å²) in [5, 5.41) is 3.12.